The molecule has 0 aliphatic carbocycles. The van der Waals surface area contributed by atoms with Gasteiger partial charge in [-0.05, 0) is 23.6 Å². The second-order valence-corrected chi connectivity index (χ2v) is 7.91. The van der Waals surface area contributed by atoms with Gasteiger partial charge in [-0.25, -0.2) is 17.5 Å². The Hall–Kier alpha value is 0.0200. The van der Waals surface area contributed by atoms with Crippen molar-refractivity contribution in [3.63, 3.8) is 0 Å². The first-order valence-electron chi connectivity index (χ1n) is 5.19. The van der Waals surface area contributed by atoms with Crippen LogP contribution in [0.3, 0.4) is 0 Å². The zero-order valence-electron chi connectivity index (χ0n) is 10.0. The van der Waals surface area contributed by atoms with E-state index in [1.807, 2.05) is 13.8 Å². The van der Waals surface area contributed by atoms with Gasteiger partial charge in [-0.1, -0.05) is 45.7 Å². The summed E-state index contributed by atoms with van der Waals surface area (Å²) < 4.78 is 40.4. The van der Waals surface area contributed by atoms with Gasteiger partial charge >= 0.3 is 0 Å². The van der Waals surface area contributed by atoms with Crippen molar-refractivity contribution in [3.8, 4) is 0 Å². The molecule has 0 saturated heterocycles. The first-order chi connectivity index (χ1) is 8.18. The lowest BCUT2D eigenvalue weighted by Gasteiger charge is -2.21. The molecule has 0 amide bonds. The molecular weight excluding hydrogens is 389 g/mol. The van der Waals surface area contributed by atoms with Gasteiger partial charge in [0, 0.05) is 16.3 Å². The van der Waals surface area contributed by atoms with Crippen molar-refractivity contribution >= 4 is 41.9 Å². The Labute approximate surface area is 123 Å². The van der Waals surface area contributed by atoms with E-state index in [2.05, 4.69) is 36.6 Å². The third kappa shape index (κ3) is 4.29. The van der Waals surface area contributed by atoms with Gasteiger partial charge in [0.2, 0.25) is 10.0 Å². The van der Waals surface area contributed by atoms with E-state index < -0.39 is 15.8 Å². The molecule has 1 aromatic rings. The van der Waals surface area contributed by atoms with Crippen molar-refractivity contribution in [2.45, 2.75) is 18.7 Å². The molecule has 0 unspecified atom stereocenters. The largest absolute Gasteiger partial charge is 0.243 e. The number of benzene rings is 1. The van der Waals surface area contributed by atoms with E-state index in [0.717, 1.165) is 6.07 Å². The molecular formula is C11H14Br2FNO2S. The molecule has 0 aliphatic rings. The molecule has 0 radical (unpaired) electrons. The second kappa shape index (κ2) is 5.98. The van der Waals surface area contributed by atoms with Crippen LogP contribution in [0.5, 0.6) is 0 Å². The summed E-state index contributed by atoms with van der Waals surface area (Å²) in [5.41, 5.74) is -0.237. The lowest BCUT2D eigenvalue weighted by Crippen LogP contribution is -2.35. The van der Waals surface area contributed by atoms with Crippen LogP contribution >= 0.6 is 31.9 Å². The normalized spacial score (nSPS) is 12.7. The Morgan fingerprint density at radius 2 is 2.00 bits per heavy atom. The number of hydrogen-bond acceptors (Lipinski definition) is 2. The third-order valence-corrected chi connectivity index (χ3v) is 5.73. The predicted molar refractivity (Wildman–Crippen MR) is 76.9 cm³/mol. The summed E-state index contributed by atoms with van der Waals surface area (Å²) in [6.07, 6.45) is 0. The van der Waals surface area contributed by atoms with E-state index in [9.17, 15) is 12.8 Å². The summed E-state index contributed by atoms with van der Waals surface area (Å²) in [6.45, 7) is 4.04. The number of alkyl halides is 1. The van der Waals surface area contributed by atoms with Gasteiger partial charge in [-0.3, -0.25) is 0 Å². The summed E-state index contributed by atoms with van der Waals surface area (Å²) in [5, 5.41) is 0.644. The highest BCUT2D eigenvalue weighted by Gasteiger charge is 2.23. The van der Waals surface area contributed by atoms with Crippen molar-refractivity contribution in [2.24, 2.45) is 5.41 Å². The minimum Gasteiger partial charge on any atom is -0.210 e. The van der Waals surface area contributed by atoms with Crippen LogP contribution in [0.1, 0.15) is 13.8 Å². The molecule has 0 heterocycles. The third-order valence-electron chi connectivity index (χ3n) is 2.29. The van der Waals surface area contributed by atoms with Gasteiger partial charge in [0.05, 0.1) is 0 Å². The van der Waals surface area contributed by atoms with Crippen LogP contribution in [0.15, 0.2) is 27.6 Å². The highest BCUT2D eigenvalue weighted by molar-refractivity contribution is 9.10. The fourth-order valence-electron chi connectivity index (χ4n) is 1.11. The zero-order chi connectivity index (χ0) is 14.0. The Balaban J connectivity index is 2.94. The van der Waals surface area contributed by atoms with Crippen LogP contribution in [-0.2, 0) is 10.0 Å². The zero-order valence-corrected chi connectivity index (χ0v) is 14.0. The summed E-state index contributed by atoms with van der Waals surface area (Å²) in [5.74, 6) is -0.770. The lowest BCUT2D eigenvalue weighted by atomic mass is 9.98. The van der Waals surface area contributed by atoms with Gasteiger partial charge < -0.3 is 0 Å². The Morgan fingerprint density at radius 3 is 2.50 bits per heavy atom. The van der Waals surface area contributed by atoms with Gasteiger partial charge in [-0.2, -0.15) is 0 Å². The van der Waals surface area contributed by atoms with E-state index in [1.165, 1.54) is 12.1 Å². The smallest absolute Gasteiger partial charge is 0.210 e. The molecule has 7 heteroatoms. The number of halogens is 3. The topological polar surface area (TPSA) is 46.2 Å². The van der Waals surface area contributed by atoms with Crippen molar-refractivity contribution in [2.75, 3.05) is 11.9 Å². The second-order valence-electron chi connectivity index (χ2n) is 4.70. The fourth-order valence-corrected chi connectivity index (χ4v) is 2.94. The molecule has 0 spiro atoms. The average molecular weight is 403 g/mol. The number of hydrogen-bond donors (Lipinski definition) is 1. The molecule has 0 fully saturated rings. The number of nitrogens with one attached hydrogen (secondary N) is 1. The molecule has 0 atom stereocenters. The molecule has 1 N–H and O–H groups in total. The van der Waals surface area contributed by atoms with E-state index in [-0.39, 0.29) is 16.9 Å². The van der Waals surface area contributed by atoms with Crippen molar-refractivity contribution in [3.05, 3.63) is 28.5 Å². The summed E-state index contributed by atoms with van der Waals surface area (Å²) in [4.78, 5) is -0.337. The SMILES string of the molecule is CC(C)(CBr)CNS(=O)(=O)c1ccc(Br)cc1F. The van der Waals surface area contributed by atoms with Crippen LogP contribution in [0.4, 0.5) is 4.39 Å². The number of rotatable bonds is 5. The standard InChI is InChI=1S/C11H14Br2FNO2S/c1-11(2,6-12)7-15-18(16,17)10-4-3-8(13)5-9(10)14/h3-5,15H,6-7H2,1-2H3. The summed E-state index contributed by atoms with van der Waals surface area (Å²) in [7, 11) is -3.82. The van der Waals surface area contributed by atoms with E-state index in [4.69, 9.17) is 0 Å². The molecule has 3 nitrogen and oxygen atoms in total. The number of sulfonamides is 1. The van der Waals surface area contributed by atoms with E-state index in [1.54, 1.807) is 0 Å². The Morgan fingerprint density at radius 1 is 1.39 bits per heavy atom. The van der Waals surface area contributed by atoms with E-state index in [0.29, 0.717) is 9.80 Å². The van der Waals surface area contributed by atoms with Crippen LogP contribution in [0.25, 0.3) is 0 Å². The quantitative estimate of drug-likeness (QED) is 0.768. The van der Waals surface area contributed by atoms with Gasteiger partial charge in [0.25, 0.3) is 0 Å². The van der Waals surface area contributed by atoms with Gasteiger partial charge in [-0.15, -0.1) is 0 Å². The maximum atomic E-state index is 13.6. The van der Waals surface area contributed by atoms with Crippen molar-refractivity contribution < 1.29 is 12.8 Å². The lowest BCUT2D eigenvalue weighted by molar-refractivity contribution is 0.419. The van der Waals surface area contributed by atoms with Crippen LogP contribution in [0, 0.1) is 11.2 Å². The maximum Gasteiger partial charge on any atom is 0.243 e. The highest BCUT2D eigenvalue weighted by Crippen LogP contribution is 2.21. The van der Waals surface area contributed by atoms with Crippen molar-refractivity contribution in [1.82, 2.24) is 4.72 Å². The first-order valence-corrected chi connectivity index (χ1v) is 8.58. The monoisotopic (exact) mass is 401 g/mol. The average Bonchev–Trinajstić information content (AvgIpc) is 2.26. The molecule has 18 heavy (non-hydrogen) atoms. The minimum atomic E-state index is -3.82. The van der Waals surface area contributed by atoms with Crippen LogP contribution in [-0.4, -0.2) is 20.3 Å². The van der Waals surface area contributed by atoms with Gasteiger partial charge in [0.15, 0.2) is 0 Å². The van der Waals surface area contributed by atoms with E-state index >= 15 is 0 Å². The van der Waals surface area contributed by atoms with Gasteiger partial charge in [0.1, 0.15) is 10.7 Å². The maximum absolute atomic E-state index is 13.6. The molecule has 0 bridgehead atoms. The predicted octanol–water partition coefficient (Wildman–Crippen LogP) is 3.29. The minimum absolute atomic E-state index is 0.232. The van der Waals surface area contributed by atoms with Crippen molar-refractivity contribution in [1.29, 1.82) is 0 Å². The van der Waals surface area contributed by atoms with Crippen LogP contribution in [0.2, 0.25) is 0 Å². The molecule has 102 valence electrons. The molecule has 1 rings (SSSR count). The molecule has 1 aromatic carbocycles. The molecule has 0 saturated carbocycles. The Bertz CT molecular complexity index is 532. The molecule has 0 aliphatic heterocycles. The summed E-state index contributed by atoms with van der Waals surface area (Å²) in [6, 6.07) is 3.86. The molecule has 0 aromatic heterocycles. The first kappa shape index (κ1) is 16.1. The summed E-state index contributed by atoms with van der Waals surface area (Å²) >= 11 is 6.39. The Kier molecular flexibility index (Phi) is 5.34. The van der Waals surface area contributed by atoms with Crippen LogP contribution < -0.4 is 4.72 Å². The fraction of sp³-hybridized carbons (Fsp3) is 0.455. The highest BCUT2D eigenvalue weighted by atomic mass is 79.9.